The Balaban J connectivity index is 1.40. The number of aromatic nitrogens is 2. The van der Waals surface area contributed by atoms with Crippen LogP contribution in [0.4, 0.5) is 13.2 Å². The molecule has 0 aliphatic heterocycles. The summed E-state index contributed by atoms with van der Waals surface area (Å²) < 4.78 is 45.4. The summed E-state index contributed by atoms with van der Waals surface area (Å²) in [5.41, 5.74) is 1.59. The number of aryl methyl sites for hydroxylation is 1. The number of rotatable bonds is 7. The Morgan fingerprint density at radius 3 is 2.40 bits per heavy atom. The number of benzene rings is 2. The lowest BCUT2D eigenvalue weighted by atomic mass is 9.38. The van der Waals surface area contributed by atoms with E-state index in [1.54, 1.807) is 4.68 Å². The van der Waals surface area contributed by atoms with E-state index in [4.69, 9.17) is 4.74 Å². The summed E-state index contributed by atoms with van der Waals surface area (Å²) in [6, 6.07) is 10.7. The molecule has 2 aromatic carbocycles. The first-order valence-electron chi connectivity index (χ1n) is 11.6. The minimum Gasteiger partial charge on any atom is -0.469 e. The molecule has 1 N–H and O–H groups in total. The number of carbonyl (C=O) groups excluding carboxylic acids is 2. The van der Waals surface area contributed by atoms with Gasteiger partial charge in [0.15, 0.2) is 5.69 Å². The van der Waals surface area contributed by atoms with Gasteiger partial charge in [0.2, 0.25) is 0 Å². The van der Waals surface area contributed by atoms with E-state index in [0.29, 0.717) is 36.0 Å². The molecule has 3 aliphatic carbocycles. The summed E-state index contributed by atoms with van der Waals surface area (Å²) in [5, 5.41) is 8.43. The number of hydrogen-bond acceptors (Lipinski definition) is 4. The Bertz CT molecular complexity index is 1290. The van der Waals surface area contributed by atoms with Crippen LogP contribution in [0.1, 0.15) is 59.8 Å². The normalized spacial score (nSPS) is 22.9. The molecule has 0 spiro atoms. The van der Waals surface area contributed by atoms with Crippen molar-refractivity contribution in [1.29, 1.82) is 0 Å². The van der Waals surface area contributed by atoms with Gasteiger partial charge in [-0.05, 0) is 67.3 Å². The predicted octanol–water partition coefficient (Wildman–Crippen LogP) is 4.88. The molecule has 0 saturated heterocycles. The predicted molar refractivity (Wildman–Crippen MR) is 123 cm³/mol. The third-order valence-corrected chi connectivity index (χ3v) is 7.32. The van der Waals surface area contributed by atoms with Gasteiger partial charge in [0.1, 0.15) is 0 Å². The van der Waals surface area contributed by atoms with Crippen LogP contribution in [-0.2, 0) is 28.7 Å². The minimum atomic E-state index is -4.39. The molecule has 1 aromatic heterocycles. The van der Waals surface area contributed by atoms with Gasteiger partial charge < -0.3 is 10.1 Å². The van der Waals surface area contributed by atoms with Crippen molar-refractivity contribution in [3.8, 4) is 0 Å². The van der Waals surface area contributed by atoms with E-state index in [1.807, 2.05) is 25.1 Å². The van der Waals surface area contributed by atoms with Crippen LogP contribution in [0.15, 0.2) is 42.5 Å². The summed E-state index contributed by atoms with van der Waals surface area (Å²) in [7, 11) is 1.38. The molecule has 3 saturated carbocycles. The van der Waals surface area contributed by atoms with Crippen molar-refractivity contribution < 1.29 is 27.5 Å². The molecule has 0 radical (unpaired) electrons. The fourth-order valence-corrected chi connectivity index (χ4v) is 5.88. The van der Waals surface area contributed by atoms with Crippen LogP contribution in [0.25, 0.3) is 10.9 Å². The van der Waals surface area contributed by atoms with Crippen molar-refractivity contribution >= 4 is 22.8 Å². The van der Waals surface area contributed by atoms with Crippen LogP contribution in [0.2, 0.25) is 0 Å². The van der Waals surface area contributed by atoms with Crippen molar-refractivity contribution in [2.45, 2.75) is 57.3 Å². The average Bonchev–Trinajstić information content (AvgIpc) is 3.16. The SMILES string of the molecule is CCn1nc(C(=O)NC23CC(CC(=O)OC)(C2)C3)c2c(Cc3ccc(C(F)(F)F)cc3)cccc21. The number of nitrogens with zero attached hydrogens (tertiary/aromatic N) is 2. The van der Waals surface area contributed by atoms with Crippen molar-refractivity contribution in [2.75, 3.05) is 7.11 Å². The van der Waals surface area contributed by atoms with Gasteiger partial charge in [-0.3, -0.25) is 14.3 Å². The molecular formula is C26H26F3N3O3. The summed E-state index contributed by atoms with van der Waals surface area (Å²) in [6.45, 7) is 2.51. The highest BCUT2D eigenvalue weighted by atomic mass is 19.4. The Hall–Kier alpha value is -3.36. The number of ether oxygens (including phenoxy) is 1. The fourth-order valence-electron chi connectivity index (χ4n) is 5.88. The van der Waals surface area contributed by atoms with Gasteiger partial charge in [0, 0.05) is 17.5 Å². The molecule has 9 heteroatoms. The fraction of sp³-hybridized carbons (Fsp3) is 0.423. The largest absolute Gasteiger partial charge is 0.469 e. The van der Waals surface area contributed by atoms with Gasteiger partial charge in [0.05, 0.1) is 24.6 Å². The molecule has 0 atom stereocenters. The van der Waals surface area contributed by atoms with Crippen LogP contribution >= 0.6 is 0 Å². The maximum atomic E-state index is 13.4. The molecule has 184 valence electrons. The van der Waals surface area contributed by atoms with Gasteiger partial charge in [-0.2, -0.15) is 18.3 Å². The smallest absolute Gasteiger partial charge is 0.416 e. The molecule has 1 heterocycles. The molecule has 3 aliphatic rings. The standard InChI is InChI=1S/C26H26F3N3O3/c1-3-32-19-6-4-5-17(11-16-7-9-18(10-8-16)26(27,28)29)21(19)22(31-32)23(34)30-25-13-24(14-25,15-25)12-20(33)35-2/h4-10H,3,11-15H2,1-2H3,(H,30,34). The molecule has 1 amide bonds. The first kappa shape index (κ1) is 23.4. The summed E-state index contributed by atoms with van der Waals surface area (Å²) in [5.74, 6) is -0.501. The zero-order chi connectivity index (χ0) is 25.0. The number of carbonyl (C=O) groups is 2. The molecule has 35 heavy (non-hydrogen) atoms. The highest BCUT2D eigenvalue weighted by Gasteiger charge is 2.69. The first-order chi connectivity index (χ1) is 16.6. The number of amides is 1. The zero-order valence-corrected chi connectivity index (χ0v) is 19.5. The summed E-state index contributed by atoms with van der Waals surface area (Å²) >= 11 is 0. The van der Waals surface area contributed by atoms with E-state index in [1.165, 1.54) is 19.2 Å². The van der Waals surface area contributed by atoms with Crippen LogP contribution in [0, 0.1) is 5.41 Å². The highest BCUT2D eigenvalue weighted by Crippen LogP contribution is 2.69. The third-order valence-electron chi connectivity index (χ3n) is 7.32. The van der Waals surface area contributed by atoms with Crippen molar-refractivity contribution in [1.82, 2.24) is 15.1 Å². The second kappa shape index (κ2) is 8.10. The van der Waals surface area contributed by atoms with E-state index in [-0.39, 0.29) is 22.8 Å². The van der Waals surface area contributed by atoms with Crippen molar-refractivity contribution in [3.63, 3.8) is 0 Å². The molecule has 3 fully saturated rings. The summed E-state index contributed by atoms with van der Waals surface area (Å²) in [4.78, 5) is 25.0. The molecule has 6 nitrogen and oxygen atoms in total. The van der Waals surface area contributed by atoms with Gasteiger partial charge in [0.25, 0.3) is 5.91 Å². The monoisotopic (exact) mass is 485 g/mol. The Kier molecular flexibility index (Phi) is 5.41. The van der Waals surface area contributed by atoms with Crippen LogP contribution in [-0.4, -0.2) is 34.3 Å². The maximum Gasteiger partial charge on any atom is 0.416 e. The van der Waals surface area contributed by atoms with Gasteiger partial charge in [-0.1, -0.05) is 24.3 Å². The molecular weight excluding hydrogens is 459 g/mol. The van der Waals surface area contributed by atoms with E-state index in [9.17, 15) is 22.8 Å². The lowest BCUT2D eigenvalue weighted by molar-refractivity contribution is -0.175. The van der Waals surface area contributed by atoms with Crippen LogP contribution in [0.3, 0.4) is 0 Å². The number of halogens is 3. The average molecular weight is 486 g/mol. The zero-order valence-electron chi connectivity index (χ0n) is 19.5. The lowest BCUT2D eigenvalue weighted by Crippen LogP contribution is -2.75. The third kappa shape index (κ3) is 4.06. The topological polar surface area (TPSA) is 73.2 Å². The van der Waals surface area contributed by atoms with E-state index in [2.05, 4.69) is 10.4 Å². The van der Waals surface area contributed by atoms with E-state index >= 15 is 0 Å². The number of methoxy groups -OCH3 is 1. The maximum absolute atomic E-state index is 13.4. The van der Waals surface area contributed by atoms with Gasteiger partial charge in [-0.25, -0.2) is 0 Å². The van der Waals surface area contributed by atoms with Gasteiger partial charge in [-0.15, -0.1) is 0 Å². The van der Waals surface area contributed by atoms with Crippen LogP contribution in [0.5, 0.6) is 0 Å². The van der Waals surface area contributed by atoms with E-state index in [0.717, 1.165) is 42.5 Å². The van der Waals surface area contributed by atoms with Crippen molar-refractivity contribution in [2.24, 2.45) is 5.41 Å². The van der Waals surface area contributed by atoms with Crippen molar-refractivity contribution in [3.05, 3.63) is 64.8 Å². The van der Waals surface area contributed by atoms with Crippen LogP contribution < -0.4 is 5.32 Å². The Morgan fingerprint density at radius 2 is 1.80 bits per heavy atom. The second-order valence-corrected chi connectivity index (χ2v) is 9.86. The van der Waals surface area contributed by atoms with Gasteiger partial charge >= 0.3 is 12.1 Å². The minimum absolute atomic E-state index is 0.0705. The first-order valence-corrected chi connectivity index (χ1v) is 11.6. The number of nitrogens with one attached hydrogen (secondary N) is 1. The molecule has 0 unspecified atom stereocenters. The molecule has 3 aromatic rings. The summed E-state index contributed by atoms with van der Waals surface area (Å²) in [6.07, 6.45) is -1.42. The highest BCUT2D eigenvalue weighted by molar-refractivity contribution is 6.06. The van der Waals surface area contributed by atoms with E-state index < -0.39 is 11.7 Å². The number of alkyl halides is 3. The quantitative estimate of drug-likeness (QED) is 0.484. The molecule has 6 rings (SSSR count). The Morgan fingerprint density at radius 1 is 1.11 bits per heavy atom. The number of hydrogen-bond donors (Lipinski definition) is 1. The second-order valence-electron chi connectivity index (χ2n) is 9.86. The number of fused-ring (bicyclic) bond motifs is 1. The number of esters is 1. The lowest BCUT2D eigenvalue weighted by Gasteiger charge is -2.70. The Labute approximate surface area is 200 Å². The molecule has 2 bridgehead atoms.